The summed E-state index contributed by atoms with van der Waals surface area (Å²) in [4.78, 5) is 29.9. The molecule has 150 valence electrons. The molecule has 2 N–H and O–H groups in total. The van der Waals surface area contributed by atoms with Gasteiger partial charge in [-0.15, -0.1) is 0 Å². The lowest BCUT2D eigenvalue weighted by molar-refractivity contribution is -0.128. The molecule has 1 aromatic heterocycles. The van der Waals surface area contributed by atoms with Gasteiger partial charge in [-0.05, 0) is 67.3 Å². The molecular formula is C23H24FN3O2. The standard InChI is InChI=1S/C23H24FN3O2/c1-14-3-5-19(9-15(14)2)26-23(29)17-10-22(28)27(13-17)8-7-16-12-25-21-6-4-18(24)11-20(16)21/h3-6,9,11-12,17,25H,7-8,10,13H2,1-2H3,(H,26,29)/t17-/m0/s1. The van der Waals surface area contributed by atoms with Gasteiger partial charge in [0.15, 0.2) is 0 Å². The van der Waals surface area contributed by atoms with Crippen LogP contribution in [-0.2, 0) is 16.0 Å². The summed E-state index contributed by atoms with van der Waals surface area (Å²) in [5, 5.41) is 3.76. The van der Waals surface area contributed by atoms with Crippen molar-refractivity contribution < 1.29 is 14.0 Å². The summed E-state index contributed by atoms with van der Waals surface area (Å²) < 4.78 is 13.5. The number of nitrogens with zero attached hydrogens (tertiary/aromatic N) is 1. The number of benzene rings is 2. The summed E-state index contributed by atoms with van der Waals surface area (Å²) >= 11 is 0. The quantitative estimate of drug-likeness (QED) is 0.689. The monoisotopic (exact) mass is 393 g/mol. The number of hydrogen-bond donors (Lipinski definition) is 2. The van der Waals surface area contributed by atoms with E-state index < -0.39 is 0 Å². The Kier molecular flexibility index (Phi) is 5.09. The molecule has 0 bridgehead atoms. The predicted octanol–water partition coefficient (Wildman–Crippen LogP) is 3.95. The molecule has 0 radical (unpaired) electrons. The van der Waals surface area contributed by atoms with Crippen LogP contribution in [0, 0.1) is 25.6 Å². The Morgan fingerprint density at radius 1 is 1.21 bits per heavy atom. The summed E-state index contributed by atoms with van der Waals surface area (Å²) in [6.45, 7) is 4.95. The molecule has 1 atom stereocenters. The Labute approximate surface area is 168 Å². The first kappa shape index (κ1) is 19.2. The van der Waals surface area contributed by atoms with E-state index in [-0.39, 0.29) is 30.0 Å². The summed E-state index contributed by atoms with van der Waals surface area (Å²) in [7, 11) is 0. The van der Waals surface area contributed by atoms with Gasteiger partial charge >= 0.3 is 0 Å². The largest absolute Gasteiger partial charge is 0.361 e. The van der Waals surface area contributed by atoms with Crippen molar-refractivity contribution in [2.24, 2.45) is 5.92 Å². The van der Waals surface area contributed by atoms with Crippen LogP contribution in [0.4, 0.5) is 10.1 Å². The van der Waals surface area contributed by atoms with Crippen LogP contribution in [0.25, 0.3) is 10.9 Å². The van der Waals surface area contributed by atoms with E-state index >= 15 is 0 Å². The molecule has 6 heteroatoms. The van der Waals surface area contributed by atoms with Crippen molar-refractivity contribution in [2.45, 2.75) is 26.7 Å². The minimum Gasteiger partial charge on any atom is -0.361 e. The van der Waals surface area contributed by atoms with E-state index in [0.29, 0.717) is 19.5 Å². The van der Waals surface area contributed by atoms with Gasteiger partial charge in [-0.3, -0.25) is 9.59 Å². The number of aryl methyl sites for hydroxylation is 2. The van der Waals surface area contributed by atoms with Crippen LogP contribution in [0.3, 0.4) is 0 Å². The maximum atomic E-state index is 13.5. The molecule has 0 unspecified atom stereocenters. The van der Waals surface area contributed by atoms with Crippen molar-refractivity contribution in [3.63, 3.8) is 0 Å². The van der Waals surface area contributed by atoms with Crippen LogP contribution >= 0.6 is 0 Å². The van der Waals surface area contributed by atoms with Crippen LogP contribution < -0.4 is 5.32 Å². The topological polar surface area (TPSA) is 65.2 Å². The van der Waals surface area contributed by atoms with Gasteiger partial charge in [-0.1, -0.05) is 6.07 Å². The van der Waals surface area contributed by atoms with Gasteiger partial charge in [-0.25, -0.2) is 4.39 Å². The third kappa shape index (κ3) is 4.01. The van der Waals surface area contributed by atoms with Crippen LogP contribution in [0.15, 0.2) is 42.6 Å². The van der Waals surface area contributed by atoms with E-state index in [2.05, 4.69) is 10.3 Å². The lowest BCUT2D eigenvalue weighted by Gasteiger charge is -2.16. The molecule has 4 rings (SSSR count). The number of rotatable bonds is 5. The number of fused-ring (bicyclic) bond motifs is 1. The zero-order valence-electron chi connectivity index (χ0n) is 16.6. The molecule has 2 amide bonds. The van der Waals surface area contributed by atoms with Gasteiger partial charge in [0.25, 0.3) is 0 Å². The second-order valence-corrected chi connectivity index (χ2v) is 7.78. The van der Waals surface area contributed by atoms with E-state index in [4.69, 9.17) is 0 Å². The maximum Gasteiger partial charge on any atom is 0.229 e. The van der Waals surface area contributed by atoms with E-state index in [1.807, 2.05) is 38.2 Å². The molecule has 0 aliphatic carbocycles. The zero-order valence-corrected chi connectivity index (χ0v) is 16.6. The molecule has 2 aromatic carbocycles. The third-order valence-electron chi connectivity index (χ3n) is 5.74. The van der Waals surface area contributed by atoms with Gasteiger partial charge in [0.2, 0.25) is 11.8 Å². The van der Waals surface area contributed by atoms with E-state index in [1.54, 1.807) is 11.0 Å². The lowest BCUT2D eigenvalue weighted by atomic mass is 10.1. The predicted molar refractivity (Wildman–Crippen MR) is 111 cm³/mol. The van der Waals surface area contributed by atoms with Crippen molar-refractivity contribution in [3.05, 3.63) is 65.1 Å². The highest BCUT2D eigenvalue weighted by Crippen LogP contribution is 2.24. The number of halogens is 1. The number of carbonyl (C=O) groups is 2. The Morgan fingerprint density at radius 3 is 2.83 bits per heavy atom. The van der Waals surface area contributed by atoms with E-state index in [9.17, 15) is 14.0 Å². The normalized spacial score (nSPS) is 16.6. The van der Waals surface area contributed by atoms with Crippen LogP contribution in [0.2, 0.25) is 0 Å². The minimum atomic E-state index is -0.357. The first-order chi connectivity index (χ1) is 13.9. The molecule has 1 saturated heterocycles. The fourth-order valence-electron chi connectivity index (χ4n) is 3.84. The highest BCUT2D eigenvalue weighted by atomic mass is 19.1. The molecule has 1 aliphatic heterocycles. The average Bonchev–Trinajstić information content (AvgIpc) is 3.26. The average molecular weight is 393 g/mol. The van der Waals surface area contributed by atoms with Crippen molar-refractivity contribution in [2.75, 3.05) is 18.4 Å². The molecule has 29 heavy (non-hydrogen) atoms. The first-order valence-electron chi connectivity index (χ1n) is 9.82. The molecule has 3 aromatic rings. The van der Waals surface area contributed by atoms with Crippen LogP contribution in [0.5, 0.6) is 0 Å². The SMILES string of the molecule is Cc1ccc(NC(=O)[C@H]2CC(=O)N(CCc3c[nH]c4ccc(F)cc34)C2)cc1C. The summed E-state index contributed by atoms with van der Waals surface area (Å²) in [5.74, 6) is -0.780. The number of carbonyl (C=O) groups excluding carboxylic acids is 2. The van der Waals surface area contributed by atoms with Crippen LogP contribution in [0.1, 0.15) is 23.1 Å². The van der Waals surface area contributed by atoms with Gasteiger partial charge < -0.3 is 15.2 Å². The molecule has 1 fully saturated rings. The second kappa shape index (κ2) is 7.70. The highest BCUT2D eigenvalue weighted by molar-refractivity contribution is 5.97. The third-order valence-corrected chi connectivity index (χ3v) is 5.74. The van der Waals surface area contributed by atoms with Crippen molar-refractivity contribution in [1.29, 1.82) is 0 Å². The molecule has 0 spiro atoms. The Bertz CT molecular complexity index is 1090. The number of hydrogen-bond acceptors (Lipinski definition) is 2. The fourth-order valence-corrected chi connectivity index (χ4v) is 3.84. The van der Waals surface area contributed by atoms with Crippen molar-refractivity contribution >= 4 is 28.4 Å². The number of amides is 2. The number of anilines is 1. The lowest BCUT2D eigenvalue weighted by Crippen LogP contribution is -2.30. The maximum absolute atomic E-state index is 13.5. The fraction of sp³-hybridized carbons (Fsp3) is 0.304. The molecule has 1 aliphatic rings. The van der Waals surface area contributed by atoms with E-state index in [0.717, 1.165) is 27.7 Å². The van der Waals surface area contributed by atoms with E-state index in [1.165, 1.54) is 17.7 Å². The molecule has 0 saturated carbocycles. The smallest absolute Gasteiger partial charge is 0.229 e. The molecule has 5 nitrogen and oxygen atoms in total. The second-order valence-electron chi connectivity index (χ2n) is 7.78. The molecular weight excluding hydrogens is 369 g/mol. The Balaban J connectivity index is 1.37. The van der Waals surface area contributed by atoms with Gasteiger partial charge in [-0.2, -0.15) is 0 Å². The summed E-state index contributed by atoms with van der Waals surface area (Å²) in [5.41, 5.74) is 4.88. The number of aromatic nitrogens is 1. The highest BCUT2D eigenvalue weighted by Gasteiger charge is 2.34. The van der Waals surface area contributed by atoms with Gasteiger partial charge in [0.05, 0.1) is 5.92 Å². The summed E-state index contributed by atoms with van der Waals surface area (Å²) in [6.07, 6.45) is 2.69. The molecule has 2 heterocycles. The Hall–Kier alpha value is -3.15. The Morgan fingerprint density at radius 2 is 2.03 bits per heavy atom. The van der Waals surface area contributed by atoms with Gasteiger partial charge in [0.1, 0.15) is 5.82 Å². The number of likely N-dealkylation sites (tertiary alicyclic amines) is 1. The number of aromatic amines is 1. The number of H-pyrrole nitrogens is 1. The first-order valence-corrected chi connectivity index (χ1v) is 9.82. The minimum absolute atomic E-state index is 0.0174. The number of nitrogens with one attached hydrogen (secondary N) is 2. The van der Waals surface area contributed by atoms with Gasteiger partial charge in [0, 0.05) is 42.3 Å². The van der Waals surface area contributed by atoms with Crippen molar-refractivity contribution in [3.8, 4) is 0 Å². The zero-order chi connectivity index (χ0) is 20.5. The van der Waals surface area contributed by atoms with Crippen molar-refractivity contribution in [1.82, 2.24) is 9.88 Å². The summed E-state index contributed by atoms with van der Waals surface area (Å²) in [6, 6.07) is 10.4. The van der Waals surface area contributed by atoms with Crippen LogP contribution in [-0.4, -0.2) is 34.8 Å².